The van der Waals surface area contributed by atoms with Crippen molar-refractivity contribution in [2.75, 3.05) is 34.4 Å². The van der Waals surface area contributed by atoms with Crippen molar-refractivity contribution in [2.24, 2.45) is 0 Å². The number of benzene rings is 2. The van der Waals surface area contributed by atoms with Gasteiger partial charge in [0.1, 0.15) is 11.5 Å². The lowest BCUT2D eigenvalue weighted by atomic mass is 9.97. The molecule has 0 aliphatic carbocycles. The lowest BCUT2D eigenvalue weighted by Gasteiger charge is -2.18. The minimum Gasteiger partial charge on any atom is -0.496 e. The van der Waals surface area contributed by atoms with Crippen LogP contribution >= 0.6 is 0 Å². The highest BCUT2D eigenvalue weighted by Gasteiger charge is 2.28. The van der Waals surface area contributed by atoms with Gasteiger partial charge >= 0.3 is 0 Å². The van der Waals surface area contributed by atoms with E-state index in [4.69, 9.17) is 23.6 Å². The van der Waals surface area contributed by atoms with Gasteiger partial charge in [-0.15, -0.1) is 0 Å². The molecule has 0 spiro atoms. The molecule has 3 aromatic rings. The molecule has 1 unspecified atom stereocenters. The lowest BCUT2D eigenvalue weighted by Crippen LogP contribution is -2.20. The molecule has 1 fully saturated rings. The summed E-state index contributed by atoms with van der Waals surface area (Å²) in [5, 5.41) is 0. The second-order valence-corrected chi connectivity index (χ2v) is 7.53. The largest absolute Gasteiger partial charge is 0.496 e. The predicted molar refractivity (Wildman–Crippen MR) is 115 cm³/mol. The fourth-order valence-corrected chi connectivity index (χ4v) is 4.19. The van der Waals surface area contributed by atoms with Crippen molar-refractivity contribution in [1.82, 2.24) is 9.88 Å². The van der Waals surface area contributed by atoms with Gasteiger partial charge in [0.05, 0.1) is 32.6 Å². The maximum atomic E-state index is 5.98. The molecular formula is C24H28N2O4. The number of aryl methyl sites for hydroxylation is 1. The third kappa shape index (κ3) is 3.87. The number of hydrogen-bond acceptors (Lipinski definition) is 6. The smallest absolute Gasteiger partial charge is 0.230 e. The zero-order chi connectivity index (χ0) is 21.1. The Bertz CT molecular complexity index is 1010. The Morgan fingerprint density at radius 2 is 1.77 bits per heavy atom. The van der Waals surface area contributed by atoms with Crippen LogP contribution in [-0.2, 0) is 6.54 Å². The van der Waals surface area contributed by atoms with Crippen molar-refractivity contribution in [2.45, 2.75) is 25.8 Å². The molecule has 1 aromatic heterocycles. The molecule has 6 heteroatoms. The summed E-state index contributed by atoms with van der Waals surface area (Å²) in [7, 11) is 5.04. The number of methoxy groups -OCH3 is 3. The summed E-state index contributed by atoms with van der Waals surface area (Å²) < 4.78 is 22.5. The molecule has 0 N–H and O–H groups in total. The standard InChI is InChI=1S/C24H28N2O4/c1-16-20(25-24(30-16)19-8-5-6-10-21(19)27-2)15-26-13-12-17(14-26)18-9-7-11-22(28-3)23(18)29-4/h5-11,17H,12-15H2,1-4H3. The molecule has 1 atom stereocenters. The number of likely N-dealkylation sites (tertiary alicyclic amines) is 1. The molecule has 4 rings (SSSR count). The lowest BCUT2D eigenvalue weighted by molar-refractivity contribution is 0.318. The number of hydrogen-bond donors (Lipinski definition) is 0. The van der Waals surface area contributed by atoms with Gasteiger partial charge in [-0.3, -0.25) is 4.90 Å². The first-order valence-corrected chi connectivity index (χ1v) is 10.2. The molecule has 30 heavy (non-hydrogen) atoms. The van der Waals surface area contributed by atoms with E-state index in [1.807, 2.05) is 43.3 Å². The fourth-order valence-electron chi connectivity index (χ4n) is 4.19. The maximum Gasteiger partial charge on any atom is 0.230 e. The Labute approximate surface area is 177 Å². The summed E-state index contributed by atoms with van der Waals surface area (Å²) in [6.45, 7) is 4.67. The Morgan fingerprint density at radius 1 is 1.00 bits per heavy atom. The van der Waals surface area contributed by atoms with Gasteiger partial charge in [-0.2, -0.15) is 0 Å². The van der Waals surface area contributed by atoms with Crippen LogP contribution in [0.2, 0.25) is 0 Å². The van der Waals surface area contributed by atoms with Crippen molar-refractivity contribution >= 4 is 0 Å². The van der Waals surface area contributed by atoms with Gasteiger partial charge in [0.15, 0.2) is 11.5 Å². The molecule has 6 nitrogen and oxygen atoms in total. The van der Waals surface area contributed by atoms with E-state index in [-0.39, 0.29) is 0 Å². The number of rotatable bonds is 7. The van der Waals surface area contributed by atoms with Gasteiger partial charge in [-0.25, -0.2) is 4.98 Å². The zero-order valence-corrected chi connectivity index (χ0v) is 18.0. The SMILES string of the molecule is COc1ccccc1-c1nc(CN2CCC(c3cccc(OC)c3OC)C2)c(C)o1. The minimum absolute atomic E-state index is 0.399. The quantitative estimate of drug-likeness (QED) is 0.566. The number of ether oxygens (including phenoxy) is 3. The van der Waals surface area contributed by atoms with Crippen LogP contribution in [0.15, 0.2) is 46.9 Å². The summed E-state index contributed by atoms with van der Waals surface area (Å²) >= 11 is 0. The van der Waals surface area contributed by atoms with E-state index in [0.29, 0.717) is 11.8 Å². The molecule has 1 aliphatic heterocycles. The van der Waals surface area contributed by atoms with Crippen molar-refractivity contribution in [3.8, 4) is 28.7 Å². The van der Waals surface area contributed by atoms with Crippen LogP contribution in [0, 0.1) is 6.92 Å². The maximum absolute atomic E-state index is 5.98. The average molecular weight is 408 g/mol. The molecule has 1 saturated heterocycles. The summed E-state index contributed by atoms with van der Waals surface area (Å²) in [5.74, 6) is 4.22. The fraction of sp³-hybridized carbons (Fsp3) is 0.375. The molecule has 1 aliphatic rings. The average Bonchev–Trinajstić information content (AvgIpc) is 3.40. The first kappa shape index (κ1) is 20.3. The topological polar surface area (TPSA) is 57.0 Å². The highest BCUT2D eigenvalue weighted by molar-refractivity contribution is 5.63. The number of nitrogens with zero attached hydrogens (tertiary/aromatic N) is 2. The Hall–Kier alpha value is -2.99. The molecular weight excluding hydrogens is 380 g/mol. The van der Waals surface area contributed by atoms with E-state index in [2.05, 4.69) is 11.0 Å². The van der Waals surface area contributed by atoms with Crippen LogP contribution in [0.5, 0.6) is 17.2 Å². The normalized spacial score (nSPS) is 16.6. The van der Waals surface area contributed by atoms with E-state index < -0.39 is 0 Å². The predicted octanol–water partition coefficient (Wildman–Crippen LogP) is 4.67. The Kier molecular flexibility index (Phi) is 5.95. The summed E-state index contributed by atoms with van der Waals surface area (Å²) in [4.78, 5) is 7.20. The number of aromatic nitrogens is 1. The van der Waals surface area contributed by atoms with E-state index in [1.54, 1.807) is 21.3 Å². The van der Waals surface area contributed by atoms with Crippen molar-refractivity contribution in [3.05, 3.63) is 59.5 Å². The van der Waals surface area contributed by atoms with Gasteiger partial charge < -0.3 is 18.6 Å². The summed E-state index contributed by atoms with van der Waals surface area (Å²) in [6, 6.07) is 13.9. The van der Waals surface area contributed by atoms with Crippen LogP contribution in [0.4, 0.5) is 0 Å². The minimum atomic E-state index is 0.399. The zero-order valence-electron chi connectivity index (χ0n) is 18.0. The molecule has 0 radical (unpaired) electrons. The second kappa shape index (κ2) is 8.79. The van der Waals surface area contributed by atoms with E-state index in [0.717, 1.165) is 60.3 Å². The van der Waals surface area contributed by atoms with Crippen LogP contribution in [-0.4, -0.2) is 44.3 Å². The van der Waals surface area contributed by atoms with Gasteiger partial charge in [0, 0.05) is 24.6 Å². The third-order valence-corrected chi connectivity index (χ3v) is 5.75. The van der Waals surface area contributed by atoms with Crippen molar-refractivity contribution < 1.29 is 18.6 Å². The Morgan fingerprint density at radius 3 is 2.53 bits per heavy atom. The monoisotopic (exact) mass is 408 g/mol. The van der Waals surface area contributed by atoms with Gasteiger partial charge in [-0.05, 0) is 38.1 Å². The van der Waals surface area contributed by atoms with Gasteiger partial charge in [0.25, 0.3) is 0 Å². The number of oxazole rings is 1. The van der Waals surface area contributed by atoms with Gasteiger partial charge in [-0.1, -0.05) is 24.3 Å². The molecule has 0 amide bonds. The molecule has 0 saturated carbocycles. The molecule has 0 bridgehead atoms. The van der Waals surface area contributed by atoms with E-state index in [9.17, 15) is 0 Å². The van der Waals surface area contributed by atoms with Gasteiger partial charge in [0.2, 0.25) is 5.89 Å². The highest BCUT2D eigenvalue weighted by Crippen LogP contribution is 2.39. The molecule has 2 aromatic carbocycles. The first-order chi connectivity index (χ1) is 14.6. The van der Waals surface area contributed by atoms with Crippen molar-refractivity contribution in [1.29, 1.82) is 0 Å². The van der Waals surface area contributed by atoms with E-state index in [1.165, 1.54) is 5.56 Å². The molecule has 2 heterocycles. The highest BCUT2D eigenvalue weighted by atomic mass is 16.5. The van der Waals surface area contributed by atoms with Crippen LogP contribution in [0.3, 0.4) is 0 Å². The number of para-hydroxylation sites is 2. The van der Waals surface area contributed by atoms with Crippen LogP contribution < -0.4 is 14.2 Å². The summed E-state index contributed by atoms with van der Waals surface area (Å²) in [5.41, 5.74) is 3.04. The van der Waals surface area contributed by atoms with Crippen LogP contribution in [0.25, 0.3) is 11.5 Å². The first-order valence-electron chi connectivity index (χ1n) is 10.2. The van der Waals surface area contributed by atoms with E-state index >= 15 is 0 Å². The Balaban J connectivity index is 1.50. The third-order valence-electron chi connectivity index (χ3n) is 5.75. The van der Waals surface area contributed by atoms with Crippen molar-refractivity contribution in [3.63, 3.8) is 0 Å². The molecule has 158 valence electrons. The summed E-state index contributed by atoms with van der Waals surface area (Å²) in [6.07, 6.45) is 1.07. The second-order valence-electron chi connectivity index (χ2n) is 7.53. The van der Waals surface area contributed by atoms with Crippen LogP contribution in [0.1, 0.15) is 29.4 Å².